The van der Waals surface area contributed by atoms with Crippen LogP contribution in [0, 0.1) is 0 Å². The normalized spacial score (nSPS) is 22.7. The van der Waals surface area contributed by atoms with Gasteiger partial charge >= 0.3 is 0 Å². The van der Waals surface area contributed by atoms with Crippen LogP contribution in [0.4, 0.5) is 0 Å². The Bertz CT molecular complexity index is 70.6. The van der Waals surface area contributed by atoms with E-state index in [1.807, 2.05) is 13.1 Å². The Balaban J connectivity index is 2.36. The van der Waals surface area contributed by atoms with Gasteiger partial charge in [-0.3, -0.25) is 4.80 Å². The first-order chi connectivity index (χ1) is 3.11. The van der Waals surface area contributed by atoms with E-state index >= 15 is 0 Å². The van der Waals surface area contributed by atoms with E-state index in [1.54, 1.807) is 0 Å². The molecule has 0 aromatic heterocycles. The Hall–Kier alpha value is 0.177. The molecule has 0 heterocycles. The maximum Gasteiger partial charge on any atom is 0.234 e. The van der Waals surface area contributed by atoms with Gasteiger partial charge in [0.05, 0.1) is 0 Å². The van der Waals surface area contributed by atoms with Gasteiger partial charge in [0.15, 0.2) is 0 Å². The zero-order valence-electron chi connectivity index (χ0n) is 4.90. The third-order valence-corrected chi connectivity index (χ3v) is 4.10. The van der Waals surface area contributed by atoms with Gasteiger partial charge in [0.2, 0.25) is 8.32 Å². The molecule has 0 unspecified atom stereocenters. The molecule has 1 saturated carbocycles. The zero-order chi connectivity index (χ0) is 5.49. The summed E-state index contributed by atoms with van der Waals surface area (Å²) in [4.78, 5) is 11.0. The van der Waals surface area contributed by atoms with Crippen molar-refractivity contribution in [2.75, 3.05) is 0 Å². The zero-order valence-corrected chi connectivity index (χ0v) is 5.90. The van der Waals surface area contributed by atoms with Crippen LogP contribution in [-0.4, -0.2) is 8.32 Å². The second-order valence-electron chi connectivity index (χ2n) is 2.88. The molecular formula is C5H11OSi. The molecule has 0 spiro atoms. The van der Waals surface area contributed by atoms with Crippen LogP contribution in [0.15, 0.2) is 0 Å². The first-order valence-electron chi connectivity index (χ1n) is 2.81. The van der Waals surface area contributed by atoms with Gasteiger partial charge in [-0.2, -0.15) is 0 Å². The van der Waals surface area contributed by atoms with Crippen molar-refractivity contribution < 1.29 is 4.80 Å². The number of hydrogen-bond donors (Lipinski definition) is 0. The van der Waals surface area contributed by atoms with Crippen molar-refractivity contribution in [2.24, 2.45) is 0 Å². The van der Waals surface area contributed by atoms with Gasteiger partial charge < -0.3 is 0 Å². The molecule has 1 nitrogen and oxygen atoms in total. The Morgan fingerprint density at radius 2 is 1.86 bits per heavy atom. The maximum absolute atomic E-state index is 11.0. The maximum atomic E-state index is 11.0. The van der Waals surface area contributed by atoms with Gasteiger partial charge in [-0.25, -0.2) is 0 Å². The van der Waals surface area contributed by atoms with Crippen molar-refractivity contribution >= 4 is 8.32 Å². The van der Waals surface area contributed by atoms with E-state index in [0.29, 0.717) is 5.54 Å². The topological polar surface area (TPSA) is 19.9 Å². The molecule has 1 fully saturated rings. The first kappa shape index (κ1) is 5.32. The standard InChI is InChI=1S/C5H11OSi/c1-7(2,6)5-3-4-5/h5H,3-4H2,1-2H3. The van der Waals surface area contributed by atoms with Crippen LogP contribution >= 0.6 is 0 Å². The van der Waals surface area contributed by atoms with E-state index in [1.165, 1.54) is 12.8 Å². The highest BCUT2D eigenvalue weighted by molar-refractivity contribution is 6.71. The van der Waals surface area contributed by atoms with Crippen molar-refractivity contribution in [1.29, 1.82) is 0 Å². The van der Waals surface area contributed by atoms with Crippen molar-refractivity contribution in [1.82, 2.24) is 0 Å². The number of hydrogen-bond acceptors (Lipinski definition) is 0. The molecule has 0 N–H and O–H groups in total. The van der Waals surface area contributed by atoms with Crippen molar-refractivity contribution in [3.05, 3.63) is 0 Å². The molecule has 0 saturated heterocycles. The fraction of sp³-hybridized carbons (Fsp3) is 1.00. The van der Waals surface area contributed by atoms with Crippen molar-refractivity contribution in [3.63, 3.8) is 0 Å². The van der Waals surface area contributed by atoms with E-state index < -0.39 is 8.32 Å². The summed E-state index contributed by atoms with van der Waals surface area (Å²) in [6.45, 7) is 3.81. The lowest BCUT2D eigenvalue weighted by Crippen LogP contribution is -2.22. The Kier molecular flexibility index (Phi) is 1.01. The molecule has 2 heteroatoms. The van der Waals surface area contributed by atoms with Gasteiger partial charge in [-0.1, -0.05) is 12.8 Å². The minimum Gasteiger partial charge on any atom is -0.298 e. The number of rotatable bonds is 1. The molecule has 1 aliphatic carbocycles. The molecule has 0 aliphatic heterocycles. The molecule has 41 valence electrons. The fourth-order valence-corrected chi connectivity index (χ4v) is 2.34. The van der Waals surface area contributed by atoms with Gasteiger partial charge in [0.1, 0.15) is 0 Å². The minimum atomic E-state index is -1.87. The quantitative estimate of drug-likeness (QED) is 0.464. The summed E-state index contributed by atoms with van der Waals surface area (Å²) >= 11 is 0. The Labute approximate surface area is 45.5 Å². The van der Waals surface area contributed by atoms with Crippen LogP contribution in [0.5, 0.6) is 0 Å². The van der Waals surface area contributed by atoms with Crippen LogP contribution in [0.1, 0.15) is 12.8 Å². The summed E-state index contributed by atoms with van der Waals surface area (Å²) in [5, 5.41) is 0. The predicted molar refractivity (Wildman–Crippen MR) is 31.2 cm³/mol. The lowest BCUT2D eigenvalue weighted by Gasteiger charge is -2.06. The third kappa shape index (κ3) is 1.28. The molecule has 0 atom stereocenters. The monoisotopic (exact) mass is 115 g/mol. The Morgan fingerprint density at radius 1 is 1.43 bits per heavy atom. The summed E-state index contributed by atoms with van der Waals surface area (Å²) in [5.74, 6) is 0. The Morgan fingerprint density at radius 3 is 1.86 bits per heavy atom. The molecular weight excluding hydrogens is 104 g/mol. The van der Waals surface area contributed by atoms with Crippen LogP contribution in [-0.2, 0) is 4.80 Å². The third-order valence-electron chi connectivity index (χ3n) is 1.56. The van der Waals surface area contributed by atoms with Gasteiger partial charge in [-0.15, -0.1) is 0 Å². The van der Waals surface area contributed by atoms with E-state index in [4.69, 9.17) is 0 Å². The van der Waals surface area contributed by atoms with Crippen molar-refractivity contribution in [2.45, 2.75) is 31.5 Å². The van der Waals surface area contributed by atoms with Crippen LogP contribution in [0.2, 0.25) is 18.6 Å². The molecule has 0 amide bonds. The largest absolute Gasteiger partial charge is 0.298 e. The lowest BCUT2D eigenvalue weighted by molar-refractivity contribution is 0.426. The fourth-order valence-electron chi connectivity index (χ4n) is 0.779. The molecule has 7 heavy (non-hydrogen) atoms. The van der Waals surface area contributed by atoms with E-state index in [9.17, 15) is 4.80 Å². The average molecular weight is 115 g/mol. The van der Waals surface area contributed by atoms with Crippen LogP contribution in [0.3, 0.4) is 0 Å². The van der Waals surface area contributed by atoms with Gasteiger partial charge in [-0.05, 0) is 18.6 Å². The summed E-state index contributed by atoms with van der Waals surface area (Å²) in [6, 6.07) is 0. The molecule has 0 bridgehead atoms. The van der Waals surface area contributed by atoms with Crippen LogP contribution < -0.4 is 0 Å². The molecule has 1 aliphatic rings. The second-order valence-corrected chi connectivity index (χ2v) is 6.90. The van der Waals surface area contributed by atoms with E-state index in [-0.39, 0.29) is 0 Å². The predicted octanol–water partition coefficient (Wildman–Crippen LogP) is 1.79. The van der Waals surface area contributed by atoms with Gasteiger partial charge in [0.25, 0.3) is 0 Å². The highest BCUT2D eigenvalue weighted by atomic mass is 28.4. The minimum absolute atomic E-state index is 0.632. The summed E-state index contributed by atoms with van der Waals surface area (Å²) in [6.07, 6.45) is 2.45. The highest BCUT2D eigenvalue weighted by Gasteiger charge is 2.40. The first-order valence-corrected chi connectivity index (χ1v) is 5.79. The van der Waals surface area contributed by atoms with Crippen LogP contribution in [0.25, 0.3) is 0 Å². The average Bonchev–Trinajstić information content (AvgIpc) is 1.99. The summed E-state index contributed by atoms with van der Waals surface area (Å²) in [5.41, 5.74) is 0.632. The second kappa shape index (κ2) is 1.33. The van der Waals surface area contributed by atoms with E-state index in [0.717, 1.165) is 0 Å². The van der Waals surface area contributed by atoms with E-state index in [2.05, 4.69) is 0 Å². The smallest absolute Gasteiger partial charge is 0.234 e. The summed E-state index contributed by atoms with van der Waals surface area (Å²) < 4.78 is 0. The highest BCUT2D eigenvalue weighted by Crippen LogP contribution is 2.43. The molecule has 1 radical (unpaired) electrons. The molecule has 0 aromatic rings. The SMILES string of the molecule is C[Si](C)([O])C1CC1. The van der Waals surface area contributed by atoms with Crippen molar-refractivity contribution in [3.8, 4) is 0 Å². The molecule has 1 rings (SSSR count). The lowest BCUT2D eigenvalue weighted by atomic mass is 11.0. The molecule has 0 aromatic carbocycles. The van der Waals surface area contributed by atoms with Gasteiger partial charge in [0, 0.05) is 0 Å². The summed E-state index contributed by atoms with van der Waals surface area (Å²) in [7, 11) is -1.87.